The zero-order valence-corrected chi connectivity index (χ0v) is 12.3. The topological polar surface area (TPSA) is 48.4 Å². The van der Waals surface area contributed by atoms with Crippen LogP contribution in [-0.2, 0) is 0 Å². The summed E-state index contributed by atoms with van der Waals surface area (Å²) in [7, 11) is 3.11. The average Bonchev–Trinajstić information content (AvgIpc) is 2.54. The fraction of sp³-hybridized carbons (Fsp3) is 0.176. The second kappa shape index (κ2) is 6.70. The summed E-state index contributed by atoms with van der Waals surface area (Å²) in [6.07, 6.45) is 5.00. The van der Waals surface area contributed by atoms with Gasteiger partial charge in [-0.15, -0.1) is 0 Å². The SMILES string of the molecule is COc1ccc(C(=O)C=C(C)c2ccncc2)c(OC)c1. The van der Waals surface area contributed by atoms with Crippen molar-refractivity contribution in [2.45, 2.75) is 6.92 Å². The fourth-order valence-corrected chi connectivity index (χ4v) is 1.97. The molecule has 0 spiro atoms. The van der Waals surface area contributed by atoms with E-state index in [1.54, 1.807) is 43.8 Å². The van der Waals surface area contributed by atoms with E-state index >= 15 is 0 Å². The predicted molar refractivity (Wildman–Crippen MR) is 81.8 cm³/mol. The van der Waals surface area contributed by atoms with Crippen LogP contribution in [0.2, 0.25) is 0 Å². The first-order valence-electron chi connectivity index (χ1n) is 6.50. The number of pyridine rings is 1. The predicted octanol–water partition coefficient (Wildman–Crippen LogP) is 3.39. The van der Waals surface area contributed by atoms with Crippen LogP contribution in [0.25, 0.3) is 5.57 Å². The van der Waals surface area contributed by atoms with Crippen LogP contribution in [0.4, 0.5) is 0 Å². The lowest BCUT2D eigenvalue weighted by Crippen LogP contribution is -2.00. The Morgan fingerprint density at radius 1 is 1.10 bits per heavy atom. The van der Waals surface area contributed by atoms with Crippen molar-refractivity contribution < 1.29 is 14.3 Å². The van der Waals surface area contributed by atoms with E-state index in [0.29, 0.717) is 17.1 Å². The lowest BCUT2D eigenvalue weighted by Gasteiger charge is -2.08. The van der Waals surface area contributed by atoms with Crippen molar-refractivity contribution in [2.24, 2.45) is 0 Å². The van der Waals surface area contributed by atoms with Gasteiger partial charge in [0, 0.05) is 18.5 Å². The first-order valence-corrected chi connectivity index (χ1v) is 6.50. The van der Waals surface area contributed by atoms with Crippen molar-refractivity contribution in [1.29, 1.82) is 0 Å². The van der Waals surface area contributed by atoms with Gasteiger partial charge in [-0.05, 0) is 48.4 Å². The molecule has 4 heteroatoms. The zero-order chi connectivity index (χ0) is 15.2. The number of methoxy groups -OCH3 is 2. The Balaban J connectivity index is 2.32. The van der Waals surface area contributed by atoms with Crippen LogP contribution in [0, 0.1) is 0 Å². The van der Waals surface area contributed by atoms with Crippen LogP contribution in [0.15, 0.2) is 48.8 Å². The summed E-state index contributed by atoms with van der Waals surface area (Å²) in [4.78, 5) is 16.4. The summed E-state index contributed by atoms with van der Waals surface area (Å²) in [5.41, 5.74) is 2.35. The van der Waals surface area contributed by atoms with Crippen molar-refractivity contribution in [1.82, 2.24) is 4.98 Å². The summed E-state index contributed by atoms with van der Waals surface area (Å²) in [6.45, 7) is 1.89. The molecule has 0 N–H and O–H groups in total. The minimum absolute atomic E-state index is 0.108. The summed E-state index contributed by atoms with van der Waals surface area (Å²) in [5, 5.41) is 0. The molecule has 0 unspecified atom stereocenters. The smallest absolute Gasteiger partial charge is 0.189 e. The average molecular weight is 283 g/mol. The molecule has 2 aromatic rings. The van der Waals surface area contributed by atoms with Crippen LogP contribution in [0.5, 0.6) is 11.5 Å². The number of ether oxygens (including phenoxy) is 2. The molecule has 0 saturated carbocycles. The van der Waals surface area contributed by atoms with E-state index in [0.717, 1.165) is 11.1 Å². The molecule has 0 bridgehead atoms. The minimum atomic E-state index is -0.108. The van der Waals surface area contributed by atoms with Crippen molar-refractivity contribution in [3.63, 3.8) is 0 Å². The number of ketones is 1. The normalized spacial score (nSPS) is 11.1. The van der Waals surface area contributed by atoms with Crippen molar-refractivity contribution in [3.8, 4) is 11.5 Å². The number of aromatic nitrogens is 1. The van der Waals surface area contributed by atoms with Crippen molar-refractivity contribution in [3.05, 3.63) is 59.9 Å². The van der Waals surface area contributed by atoms with Gasteiger partial charge in [0.15, 0.2) is 5.78 Å². The molecule has 1 aromatic heterocycles. The molecule has 0 fully saturated rings. The number of hydrogen-bond acceptors (Lipinski definition) is 4. The van der Waals surface area contributed by atoms with Crippen LogP contribution < -0.4 is 9.47 Å². The van der Waals surface area contributed by atoms with E-state index in [2.05, 4.69) is 4.98 Å². The van der Waals surface area contributed by atoms with Gasteiger partial charge in [-0.3, -0.25) is 9.78 Å². The van der Waals surface area contributed by atoms with Crippen molar-refractivity contribution in [2.75, 3.05) is 14.2 Å². The van der Waals surface area contributed by atoms with Crippen LogP contribution in [-0.4, -0.2) is 25.0 Å². The molecule has 0 amide bonds. The van der Waals surface area contributed by atoms with Gasteiger partial charge in [-0.25, -0.2) is 0 Å². The largest absolute Gasteiger partial charge is 0.497 e. The van der Waals surface area contributed by atoms with Gasteiger partial charge in [0.25, 0.3) is 0 Å². The Morgan fingerprint density at radius 2 is 1.81 bits per heavy atom. The van der Waals surface area contributed by atoms with Gasteiger partial charge in [0.1, 0.15) is 11.5 Å². The van der Waals surface area contributed by atoms with Crippen LogP contribution >= 0.6 is 0 Å². The standard InChI is InChI=1S/C17H17NO3/c1-12(13-6-8-18-9-7-13)10-16(19)15-5-4-14(20-2)11-17(15)21-3/h4-11H,1-3H3. The second-order valence-electron chi connectivity index (χ2n) is 4.49. The lowest BCUT2D eigenvalue weighted by atomic mass is 10.0. The molecule has 0 aliphatic rings. The van der Waals surface area contributed by atoms with E-state index in [4.69, 9.17) is 9.47 Å². The third-order valence-electron chi connectivity index (χ3n) is 3.16. The summed E-state index contributed by atoms with van der Waals surface area (Å²) >= 11 is 0. The summed E-state index contributed by atoms with van der Waals surface area (Å²) in [6, 6.07) is 8.87. The molecular weight excluding hydrogens is 266 g/mol. The van der Waals surface area contributed by atoms with Crippen LogP contribution in [0.3, 0.4) is 0 Å². The number of carbonyl (C=O) groups excluding carboxylic acids is 1. The van der Waals surface area contributed by atoms with Crippen LogP contribution in [0.1, 0.15) is 22.8 Å². The molecule has 21 heavy (non-hydrogen) atoms. The van der Waals surface area contributed by atoms with Crippen molar-refractivity contribution >= 4 is 11.4 Å². The number of nitrogens with zero attached hydrogens (tertiary/aromatic N) is 1. The summed E-state index contributed by atoms with van der Waals surface area (Å²) in [5.74, 6) is 1.04. The number of allylic oxidation sites excluding steroid dienone is 2. The van der Waals surface area contributed by atoms with E-state index in [9.17, 15) is 4.79 Å². The molecule has 0 saturated heterocycles. The Morgan fingerprint density at radius 3 is 2.43 bits per heavy atom. The Bertz CT molecular complexity index is 663. The Kier molecular flexibility index (Phi) is 4.72. The third-order valence-corrected chi connectivity index (χ3v) is 3.16. The fourth-order valence-electron chi connectivity index (χ4n) is 1.97. The highest BCUT2D eigenvalue weighted by Crippen LogP contribution is 2.26. The zero-order valence-electron chi connectivity index (χ0n) is 12.3. The molecule has 108 valence electrons. The van der Waals surface area contributed by atoms with Gasteiger partial charge in [-0.1, -0.05) is 0 Å². The van der Waals surface area contributed by atoms with E-state index in [1.807, 2.05) is 19.1 Å². The molecule has 1 heterocycles. The Labute approximate surface area is 124 Å². The molecule has 0 atom stereocenters. The lowest BCUT2D eigenvalue weighted by molar-refractivity contribution is 0.104. The van der Waals surface area contributed by atoms with E-state index < -0.39 is 0 Å². The van der Waals surface area contributed by atoms with E-state index in [1.165, 1.54) is 7.11 Å². The molecule has 0 aliphatic heterocycles. The van der Waals surface area contributed by atoms with Gasteiger partial charge in [-0.2, -0.15) is 0 Å². The molecular formula is C17H17NO3. The first-order chi connectivity index (χ1) is 10.2. The maximum atomic E-state index is 12.4. The number of carbonyl (C=O) groups is 1. The number of rotatable bonds is 5. The highest BCUT2D eigenvalue weighted by atomic mass is 16.5. The van der Waals surface area contributed by atoms with Gasteiger partial charge in [0.05, 0.1) is 19.8 Å². The monoisotopic (exact) mass is 283 g/mol. The Hall–Kier alpha value is -2.62. The van der Waals surface area contributed by atoms with Gasteiger partial charge in [0.2, 0.25) is 0 Å². The first kappa shape index (κ1) is 14.8. The molecule has 0 aliphatic carbocycles. The molecule has 2 rings (SSSR count). The summed E-state index contributed by atoms with van der Waals surface area (Å²) < 4.78 is 10.4. The maximum Gasteiger partial charge on any atom is 0.189 e. The molecule has 1 aromatic carbocycles. The van der Waals surface area contributed by atoms with Gasteiger partial charge < -0.3 is 9.47 Å². The second-order valence-corrected chi connectivity index (χ2v) is 4.49. The quantitative estimate of drug-likeness (QED) is 0.623. The number of hydrogen-bond donors (Lipinski definition) is 0. The molecule has 4 nitrogen and oxygen atoms in total. The highest BCUT2D eigenvalue weighted by Gasteiger charge is 2.12. The minimum Gasteiger partial charge on any atom is -0.497 e. The third kappa shape index (κ3) is 3.48. The number of benzene rings is 1. The molecule has 0 radical (unpaired) electrons. The van der Waals surface area contributed by atoms with Gasteiger partial charge >= 0.3 is 0 Å². The maximum absolute atomic E-state index is 12.4. The van der Waals surface area contributed by atoms with E-state index in [-0.39, 0.29) is 5.78 Å². The highest BCUT2D eigenvalue weighted by molar-refractivity contribution is 6.10.